The quantitative estimate of drug-likeness (QED) is 0.540. The Bertz CT molecular complexity index is 379. The van der Waals surface area contributed by atoms with Crippen LogP contribution in [0.2, 0.25) is 0 Å². The van der Waals surface area contributed by atoms with E-state index in [9.17, 15) is 13.6 Å². The van der Waals surface area contributed by atoms with E-state index < -0.39 is 17.7 Å². The van der Waals surface area contributed by atoms with Gasteiger partial charge in [-0.25, -0.2) is 19.0 Å². The standard InChI is InChI=1S/C8H7F2N3O/c9-6-2-1-5(7(10)3-6)4-12-13-8(11)14/h1-4H,(H3,11,13,14). The van der Waals surface area contributed by atoms with Crippen LogP contribution in [-0.4, -0.2) is 12.2 Å². The zero-order valence-electron chi connectivity index (χ0n) is 7.00. The lowest BCUT2D eigenvalue weighted by molar-refractivity contribution is 0.249. The maximum atomic E-state index is 12.9. The molecule has 14 heavy (non-hydrogen) atoms. The molecule has 74 valence electrons. The van der Waals surface area contributed by atoms with Gasteiger partial charge < -0.3 is 5.73 Å². The third-order valence-corrected chi connectivity index (χ3v) is 1.34. The van der Waals surface area contributed by atoms with E-state index in [2.05, 4.69) is 5.10 Å². The van der Waals surface area contributed by atoms with Crippen molar-refractivity contribution in [2.24, 2.45) is 10.8 Å². The molecule has 0 aliphatic heterocycles. The Kier molecular flexibility index (Phi) is 3.11. The van der Waals surface area contributed by atoms with Gasteiger partial charge in [0.1, 0.15) is 11.6 Å². The summed E-state index contributed by atoms with van der Waals surface area (Å²) < 4.78 is 25.3. The fourth-order valence-electron chi connectivity index (χ4n) is 0.772. The number of carbonyl (C=O) groups is 1. The van der Waals surface area contributed by atoms with Gasteiger partial charge in [0.05, 0.1) is 6.21 Å². The van der Waals surface area contributed by atoms with Crippen LogP contribution in [0.25, 0.3) is 0 Å². The van der Waals surface area contributed by atoms with Crippen molar-refractivity contribution >= 4 is 12.2 Å². The van der Waals surface area contributed by atoms with Gasteiger partial charge in [-0.15, -0.1) is 0 Å². The number of urea groups is 1. The highest BCUT2D eigenvalue weighted by Gasteiger charge is 2.00. The molecule has 1 aromatic carbocycles. The molecule has 0 radical (unpaired) electrons. The van der Waals surface area contributed by atoms with Crippen LogP contribution in [0.3, 0.4) is 0 Å². The van der Waals surface area contributed by atoms with Crippen LogP contribution in [0.15, 0.2) is 23.3 Å². The van der Waals surface area contributed by atoms with Gasteiger partial charge in [0.25, 0.3) is 0 Å². The molecule has 1 aromatic rings. The lowest BCUT2D eigenvalue weighted by Gasteiger charge is -1.95. The van der Waals surface area contributed by atoms with Crippen molar-refractivity contribution in [3.05, 3.63) is 35.4 Å². The van der Waals surface area contributed by atoms with E-state index in [4.69, 9.17) is 5.73 Å². The van der Waals surface area contributed by atoms with Gasteiger partial charge in [0, 0.05) is 11.6 Å². The molecule has 6 heteroatoms. The molecular weight excluding hydrogens is 192 g/mol. The molecule has 0 saturated carbocycles. The minimum absolute atomic E-state index is 0.0557. The molecule has 0 heterocycles. The van der Waals surface area contributed by atoms with Crippen LogP contribution in [-0.2, 0) is 0 Å². The summed E-state index contributed by atoms with van der Waals surface area (Å²) in [6, 6.07) is 2.13. The molecular formula is C8H7F2N3O. The number of nitrogens with two attached hydrogens (primary N) is 1. The number of benzene rings is 1. The predicted octanol–water partition coefficient (Wildman–Crippen LogP) is 0.967. The first-order valence-corrected chi connectivity index (χ1v) is 3.63. The first kappa shape index (κ1) is 10.1. The lowest BCUT2D eigenvalue weighted by atomic mass is 10.2. The van der Waals surface area contributed by atoms with Crippen molar-refractivity contribution in [2.45, 2.75) is 0 Å². The molecule has 2 amide bonds. The van der Waals surface area contributed by atoms with Crippen molar-refractivity contribution < 1.29 is 13.6 Å². The van der Waals surface area contributed by atoms with Crippen molar-refractivity contribution in [1.29, 1.82) is 0 Å². The second-order valence-electron chi connectivity index (χ2n) is 2.40. The Hall–Kier alpha value is -1.98. The first-order valence-electron chi connectivity index (χ1n) is 3.63. The van der Waals surface area contributed by atoms with Gasteiger partial charge in [-0.1, -0.05) is 0 Å². The van der Waals surface area contributed by atoms with Crippen molar-refractivity contribution in [3.63, 3.8) is 0 Å². The van der Waals surface area contributed by atoms with Crippen molar-refractivity contribution in [2.75, 3.05) is 0 Å². The van der Waals surface area contributed by atoms with Gasteiger partial charge >= 0.3 is 6.03 Å². The van der Waals surface area contributed by atoms with Gasteiger partial charge in [-0.3, -0.25) is 0 Å². The number of rotatable bonds is 2. The third-order valence-electron chi connectivity index (χ3n) is 1.34. The Morgan fingerprint density at radius 1 is 1.50 bits per heavy atom. The van der Waals surface area contributed by atoms with Crippen molar-refractivity contribution in [3.8, 4) is 0 Å². The number of hydrazone groups is 1. The maximum Gasteiger partial charge on any atom is 0.332 e. The Morgan fingerprint density at radius 3 is 2.79 bits per heavy atom. The SMILES string of the molecule is NC(=O)NN=Cc1ccc(F)cc1F. The number of carbonyl (C=O) groups excluding carboxylic acids is 1. The number of amides is 2. The molecule has 0 aromatic heterocycles. The summed E-state index contributed by atoms with van der Waals surface area (Å²) in [7, 11) is 0. The molecule has 0 bridgehead atoms. The molecule has 0 aliphatic carbocycles. The van der Waals surface area contributed by atoms with Crippen LogP contribution >= 0.6 is 0 Å². The summed E-state index contributed by atoms with van der Waals surface area (Å²) in [4.78, 5) is 10.2. The zero-order valence-corrected chi connectivity index (χ0v) is 7.00. The van der Waals surface area contributed by atoms with E-state index in [0.717, 1.165) is 12.3 Å². The van der Waals surface area contributed by atoms with E-state index in [1.807, 2.05) is 5.43 Å². The van der Waals surface area contributed by atoms with Crippen molar-refractivity contribution in [1.82, 2.24) is 5.43 Å². The van der Waals surface area contributed by atoms with Gasteiger partial charge in [0.15, 0.2) is 0 Å². The monoisotopic (exact) mass is 199 g/mol. The molecule has 0 unspecified atom stereocenters. The minimum Gasteiger partial charge on any atom is -0.350 e. The molecule has 1 rings (SSSR count). The molecule has 0 fully saturated rings. The zero-order chi connectivity index (χ0) is 10.6. The summed E-state index contributed by atoms with van der Waals surface area (Å²) in [5.41, 5.74) is 6.64. The van der Waals surface area contributed by atoms with E-state index in [-0.39, 0.29) is 5.56 Å². The third kappa shape index (κ3) is 2.81. The normalized spacial score (nSPS) is 10.4. The predicted molar refractivity (Wildman–Crippen MR) is 46.7 cm³/mol. The summed E-state index contributed by atoms with van der Waals surface area (Å²) in [5.74, 6) is -1.44. The summed E-state index contributed by atoms with van der Waals surface area (Å²) in [5, 5.41) is 3.32. The maximum absolute atomic E-state index is 12.9. The summed E-state index contributed by atoms with van der Waals surface area (Å²) in [6.07, 6.45) is 1.03. The highest BCUT2D eigenvalue weighted by Crippen LogP contribution is 2.06. The van der Waals surface area contributed by atoms with Gasteiger partial charge in [-0.2, -0.15) is 5.10 Å². The van der Waals surface area contributed by atoms with E-state index >= 15 is 0 Å². The number of nitrogens with one attached hydrogen (secondary N) is 1. The molecule has 0 spiro atoms. The number of halogens is 2. The van der Waals surface area contributed by atoms with E-state index in [0.29, 0.717) is 6.07 Å². The number of hydrogen-bond donors (Lipinski definition) is 2. The van der Waals surface area contributed by atoms with Crippen LogP contribution in [0.1, 0.15) is 5.56 Å². The molecule has 0 aliphatic rings. The lowest BCUT2D eigenvalue weighted by Crippen LogP contribution is -2.24. The van der Waals surface area contributed by atoms with Gasteiger partial charge in [-0.05, 0) is 12.1 Å². The number of hydrogen-bond acceptors (Lipinski definition) is 2. The molecule has 3 N–H and O–H groups in total. The van der Waals surface area contributed by atoms with E-state index in [1.54, 1.807) is 0 Å². The number of primary amides is 1. The average Bonchev–Trinajstić information content (AvgIpc) is 2.08. The minimum atomic E-state index is -0.858. The molecule has 0 atom stereocenters. The van der Waals surface area contributed by atoms with Crippen LogP contribution in [0, 0.1) is 11.6 Å². The van der Waals surface area contributed by atoms with E-state index in [1.165, 1.54) is 6.07 Å². The largest absolute Gasteiger partial charge is 0.350 e. The Morgan fingerprint density at radius 2 is 2.21 bits per heavy atom. The second kappa shape index (κ2) is 4.31. The highest BCUT2D eigenvalue weighted by atomic mass is 19.1. The Labute approximate surface area is 78.4 Å². The topological polar surface area (TPSA) is 67.5 Å². The fraction of sp³-hybridized carbons (Fsp3) is 0. The molecule has 4 nitrogen and oxygen atoms in total. The fourth-order valence-corrected chi connectivity index (χ4v) is 0.772. The summed E-state index contributed by atoms with van der Waals surface area (Å²) >= 11 is 0. The van der Waals surface area contributed by atoms with Crippen LogP contribution in [0.5, 0.6) is 0 Å². The van der Waals surface area contributed by atoms with Crippen LogP contribution < -0.4 is 11.2 Å². The van der Waals surface area contributed by atoms with Gasteiger partial charge in [0.2, 0.25) is 0 Å². The summed E-state index contributed by atoms with van der Waals surface area (Å²) in [6.45, 7) is 0. The van der Waals surface area contributed by atoms with Crippen LogP contribution in [0.4, 0.5) is 13.6 Å². The second-order valence-corrected chi connectivity index (χ2v) is 2.40. The first-order chi connectivity index (χ1) is 6.59. The Balaban J connectivity index is 2.76. The molecule has 0 saturated heterocycles. The average molecular weight is 199 g/mol. The highest BCUT2D eigenvalue weighted by molar-refractivity contribution is 5.81. The smallest absolute Gasteiger partial charge is 0.332 e. The number of nitrogens with zero attached hydrogens (tertiary/aromatic N) is 1.